The quantitative estimate of drug-likeness (QED) is 0.120. The summed E-state index contributed by atoms with van der Waals surface area (Å²) in [5, 5.41) is 0. The molecule has 28 heavy (non-hydrogen) atoms. The largest absolute Gasteiger partial charge is 0.0885 e. The Morgan fingerprint density at radius 1 is 0.393 bits per heavy atom. The molecular weight excluding hydrogens is 336 g/mol. The molecule has 168 valence electrons. The summed E-state index contributed by atoms with van der Waals surface area (Å²) in [5.41, 5.74) is 0. The molecular formula is C28H56. The highest BCUT2D eigenvalue weighted by Gasteiger charge is 2.05. The minimum atomic E-state index is 1.02. The van der Waals surface area contributed by atoms with Gasteiger partial charge in [0, 0.05) is 0 Å². The monoisotopic (exact) mass is 392 g/mol. The van der Waals surface area contributed by atoms with Gasteiger partial charge in [-0.3, -0.25) is 0 Å². The molecule has 0 fully saturated rings. The van der Waals surface area contributed by atoms with Crippen LogP contribution in [-0.2, 0) is 0 Å². The van der Waals surface area contributed by atoms with Gasteiger partial charge in [-0.2, -0.15) is 0 Å². The van der Waals surface area contributed by atoms with Crippen molar-refractivity contribution in [2.45, 2.75) is 162 Å². The van der Waals surface area contributed by atoms with Gasteiger partial charge in [-0.25, -0.2) is 0 Å². The Labute approximate surface area is 180 Å². The first-order valence-electron chi connectivity index (χ1n) is 13.5. The maximum atomic E-state index is 2.42. The number of hydrogen-bond donors (Lipinski definition) is 0. The van der Waals surface area contributed by atoms with E-state index in [1.54, 1.807) is 0 Å². The Balaban J connectivity index is 3.17. The SMILES string of the molecule is CCCCC/C=C\CCCCCCCCCCCCCCC(CCC)CCC. The van der Waals surface area contributed by atoms with Crippen molar-refractivity contribution < 1.29 is 0 Å². The predicted octanol–water partition coefficient (Wildman–Crippen LogP) is 10.8. The molecule has 0 aliphatic rings. The number of unbranched alkanes of at least 4 members (excludes halogenated alkanes) is 15. The molecule has 0 rings (SSSR count). The van der Waals surface area contributed by atoms with Crippen LogP contribution in [0.15, 0.2) is 12.2 Å². The second-order valence-electron chi connectivity index (χ2n) is 9.23. The molecule has 0 saturated heterocycles. The van der Waals surface area contributed by atoms with E-state index >= 15 is 0 Å². The van der Waals surface area contributed by atoms with Crippen molar-refractivity contribution in [3.8, 4) is 0 Å². The summed E-state index contributed by atoms with van der Waals surface area (Å²) in [5.74, 6) is 1.02. The fourth-order valence-corrected chi connectivity index (χ4v) is 4.46. The molecule has 0 bridgehead atoms. The van der Waals surface area contributed by atoms with Crippen molar-refractivity contribution in [1.29, 1.82) is 0 Å². The van der Waals surface area contributed by atoms with E-state index in [9.17, 15) is 0 Å². The molecule has 0 saturated carbocycles. The first-order chi connectivity index (χ1) is 13.8. The molecule has 0 unspecified atom stereocenters. The standard InChI is InChI=1S/C28H56/c1-4-7-8-9-10-11-12-13-14-15-16-17-18-19-20-21-22-23-24-27-28(25-5-2)26-6-3/h10-11,28H,4-9,12-27H2,1-3H3/b11-10-. The molecule has 0 aliphatic heterocycles. The predicted molar refractivity (Wildman–Crippen MR) is 131 cm³/mol. The molecule has 0 atom stereocenters. The van der Waals surface area contributed by atoms with E-state index in [0.717, 1.165) is 5.92 Å². The van der Waals surface area contributed by atoms with Crippen LogP contribution >= 0.6 is 0 Å². The lowest BCUT2D eigenvalue weighted by molar-refractivity contribution is 0.390. The van der Waals surface area contributed by atoms with Crippen LogP contribution in [-0.4, -0.2) is 0 Å². The van der Waals surface area contributed by atoms with Gasteiger partial charge >= 0.3 is 0 Å². The van der Waals surface area contributed by atoms with Gasteiger partial charge in [-0.1, -0.05) is 148 Å². The van der Waals surface area contributed by atoms with Crippen LogP contribution in [0, 0.1) is 5.92 Å². The lowest BCUT2D eigenvalue weighted by atomic mass is 9.92. The fourth-order valence-electron chi connectivity index (χ4n) is 4.46. The highest BCUT2D eigenvalue weighted by molar-refractivity contribution is 4.81. The molecule has 0 spiro atoms. The van der Waals surface area contributed by atoms with Crippen LogP contribution in [0.25, 0.3) is 0 Å². The van der Waals surface area contributed by atoms with Crippen LogP contribution in [0.2, 0.25) is 0 Å². The number of allylic oxidation sites excluding steroid dienone is 2. The molecule has 0 aromatic heterocycles. The maximum absolute atomic E-state index is 2.42. The van der Waals surface area contributed by atoms with Crippen LogP contribution in [0.1, 0.15) is 162 Å². The van der Waals surface area contributed by atoms with Crippen molar-refractivity contribution in [2.24, 2.45) is 5.92 Å². The van der Waals surface area contributed by atoms with Crippen molar-refractivity contribution in [3.05, 3.63) is 12.2 Å². The zero-order valence-electron chi connectivity index (χ0n) is 20.3. The summed E-state index contributed by atoms with van der Waals surface area (Å²) in [6.07, 6.45) is 36.3. The molecule has 0 aliphatic carbocycles. The van der Waals surface area contributed by atoms with Crippen molar-refractivity contribution >= 4 is 0 Å². The van der Waals surface area contributed by atoms with Gasteiger partial charge in [0.15, 0.2) is 0 Å². The maximum Gasteiger partial charge on any atom is -0.0351 e. The van der Waals surface area contributed by atoms with E-state index in [-0.39, 0.29) is 0 Å². The fraction of sp³-hybridized carbons (Fsp3) is 0.929. The van der Waals surface area contributed by atoms with E-state index < -0.39 is 0 Å². The molecule has 0 aromatic rings. The van der Waals surface area contributed by atoms with Gasteiger partial charge in [-0.05, 0) is 31.6 Å². The van der Waals surface area contributed by atoms with E-state index in [1.165, 1.54) is 141 Å². The molecule has 0 radical (unpaired) electrons. The van der Waals surface area contributed by atoms with Crippen molar-refractivity contribution in [2.75, 3.05) is 0 Å². The Morgan fingerprint density at radius 2 is 0.786 bits per heavy atom. The van der Waals surface area contributed by atoms with E-state index in [1.807, 2.05) is 0 Å². The average molecular weight is 393 g/mol. The Kier molecular flexibility index (Phi) is 24.5. The summed E-state index contributed by atoms with van der Waals surface area (Å²) >= 11 is 0. The smallest absolute Gasteiger partial charge is 0.0351 e. The normalized spacial score (nSPS) is 11.9. The molecule has 0 heteroatoms. The lowest BCUT2D eigenvalue weighted by Crippen LogP contribution is -1.99. The van der Waals surface area contributed by atoms with Gasteiger partial charge in [0.05, 0.1) is 0 Å². The van der Waals surface area contributed by atoms with Gasteiger partial charge in [0.2, 0.25) is 0 Å². The average Bonchev–Trinajstić information content (AvgIpc) is 2.70. The lowest BCUT2D eigenvalue weighted by Gasteiger charge is -2.14. The zero-order valence-corrected chi connectivity index (χ0v) is 20.3. The van der Waals surface area contributed by atoms with E-state index in [0.29, 0.717) is 0 Å². The van der Waals surface area contributed by atoms with Gasteiger partial charge < -0.3 is 0 Å². The summed E-state index contributed by atoms with van der Waals surface area (Å²) in [6, 6.07) is 0. The Bertz CT molecular complexity index is 284. The molecule has 0 N–H and O–H groups in total. The molecule has 0 aromatic carbocycles. The third-order valence-corrected chi connectivity index (χ3v) is 6.27. The summed E-state index contributed by atoms with van der Waals surface area (Å²) in [4.78, 5) is 0. The van der Waals surface area contributed by atoms with E-state index in [2.05, 4.69) is 32.9 Å². The second kappa shape index (κ2) is 24.8. The Hall–Kier alpha value is -0.260. The second-order valence-corrected chi connectivity index (χ2v) is 9.23. The highest BCUT2D eigenvalue weighted by Crippen LogP contribution is 2.21. The molecule has 0 amide bonds. The van der Waals surface area contributed by atoms with E-state index in [4.69, 9.17) is 0 Å². The highest BCUT2D eigenvalue weighted by atomic mass is 14.1. The molecule has 0 nitrogen and oxygen atoms in total. The van der Waals surface area contributed by atoms with Crippen LogP contribution in [0.5, 0.6) is 0 Å². The minimum Gasteiger partial charge on any atom is -0.0885 e. The van der Waals surface area contributed by atoms with Crippen molar-refractivity contribution in [3.63, 3.8) is 0 Å². The number of rotatable bonds is 23. The molecule has 0 heterocycles. The Morgan fingerprint density at radius 3 is 1.21 bits per heavy atom. The number of hydrogen-bond acceptors (Lipinski definition) is 0. The third-order valence-electron chi connectivity index (χ3n) is 6.27. The summed E-state index contributed by atoms with van der Waals surface area (Å²) < 4.78 is 0. The van der Waals surface area contributed by atoms with Crippen LogP contribution in [0.4, 0.5) is 0 Å². The summed E-state index contributed by atoms with van der Waals surface area (Å²) in [7, 11) is 0. The van der Waals surface area contributed by atoms with Crippen LogP contribution in [0.3, 0.4) is 0 Å². The first kappa shape index (κ1) is 27.7. The first-order valence-corrected chi connectivity index (χ1v) is 13.5. The van der Waals surface area contributed by atoms with Crippen molar-refractivity contribution in [1.82, 2.24) is 0 Å². The third kappa shape index (κ3) is 22.0. The summed E-state index contributed by atoms with van der Waals surface area (Å²) in [6.45, 7) is 6.97. The topological polar surface area (TPSA) is 0 Å². The zero-order chi connectivity index (χ0) is 20.5. The minimum absolute atomic E-state index is 1.02. The van der Waals surface area contributed by atoms with Gasteiger partial charge in [0.1, 0.15) is 0 Å². The van der Waals surface area contributed by atoms with Gasteiger partial charge in [0.25, 0.3) is 0 Å². The van der Waals surface area contributed by atoms with Gasteiger partial charge in [-0.15, -0.1) is 0 Å². The van der Waals surface area contributed by atoms with Crippen LogP contribution < -0.4 is 0 Å².